The number of benzene rings is 1. The maximum Gasteiger partial charge on any atom is 0.349 e. The lowest BCUT2D eigenvalue weighted by atomic mass is 10.2. The van der Waals surface area contributed by atoms with E-state index in [2.05, 4.69) is 14.9 Å². The number of amidine groups is 1. The second kappa shape index (κ2) is 5.73. The molecule has 1 aliphatic heterocycles. The Morgan fingerprint density at radius 2 is 2.14 bits per heavy atom. The molecule has 0 amide bonds. The number of hydrogen-bond acceptors (Lipinski definition) is 4. The van der Waals surface area contributed by atoms with Crippen LogP contribution in [0.3, 0.4) is 0 Å². The first-order chi connectivity index (χ1) is 10.1. The molecule has 0 spiro atoms. The van der Waals surface area contributed by atoms with Gasteiger partial charge in [0, 0.05) is 29.7 Å². The van der Waals surface area contributed by atoms with Crippen LogP contribution in [0.15, 0.2) is 29.4 Å². The van der Waals surface area contributed by atoms with E-state index in [0.29, 0.717) is 17.7 Å². The number of nitrogens with zero attached hydrogens (tertiary/aromatic N) is 2. The van der Waals surface area contributed by atoms with Gasteiger partial charge in [-0.25, -0.2) is 4.79 Å². The van der Waals surface area contributed by atoms with Crippen molar-refractivity contribution in [2.75, 3.05) is 23.9 Å². The molecule has 1 saturated heterocycles. The van der Waals surface area contributed by atoms with E-state index >= 15 is 0 Å². The molecule has 0 radical (unpaired) electrons. The quantitative estimate of drug-likeness (QED) is 0.302. The fraction of sp³-hybridized carbons (Fsp3) is 0.429. The molecule has 1 aromatic carbocycles. The van der Waals surface area contributed by atoms with Crippen molar-refractivity contribution in [3.63, 3.8) is 0 Å². The zero-order valence-electron chi connectivity index (χ0n) is 11.2. The number of nitrogens with two attached hydrogens (primary N) is 1. The van der Waals surface area contributed by atoms with Gasteiger partial charge in [0.05, 0.1) is 0 Å². The highest BCUT2D eigenvalue weighted by atomic mass is 35.5. The van der Waals surface area contributed by atoms with Crippen molar-refractivity contribution in [3.8, 4) is 0 Å². The van der Waals surface area contributed by atoms with Gasteiger partial charge in [-0.2, -0.15) is 0 Å². The predicted octanol–water partition coefficient (Wildman–Crippen LogP) is 2.08. The highest BCUT2D eigenvalue weighted by Crippen LogP contribution is 2.52. The molecule has 2 aliphatic rings. The molecule has 7 heteroatoms. The Kier molecular flexibility index (Phi) is 3.95. The lowest BCUT2D eigenvalue weighted by Gasteiger charge is -2.22. The van der Waals surface area contributed by atoms with E-state index in [0.717, 1.165) is 23.8 Å². The first-order valence-electron chi connectivity index (χ1n) is 6.70. The molecule has 2 unspecified atom stereocenters. The van der Waals surface area contributed by atoms with E-state index in [1.807, 2.05) is 24.3 Å². The lowest BCUT2D eigenvalue weighted by Crippen LogP contribution is -2.28. The van der Waals surface area contributed by atoms with Crippen LogP contribution in [-0.2, 0) is 9.63 Å². The predicted molar refractivity (Wildman–Crippen MR) is 82.6 cm³/mol. The summed E-state index contributed by atoms with van der Waals surface area (Å²) in [5.41, 5.74) is 6.99. The van der Waals surface area contributed by atoms with E-state index in [1.54, 1.807) is 0 Å². The van der Waals surface area contributed by atoms with Gasteiger partial charge in [-0.1, -0.05) is 22.8 Å². The molecule has 0 aromatic heterocycles. The Bertz CT molecular complexity index is 581. The van der Waals surface area contributed by atoms with Crippen molar-refractivity contribution < 1.29 is 9.63 Å². The first-order valence-corrected chi connectivity index (χ1v) is 7.61. The average molecular weight is 328 g/mol. The Labute approximate surface area is 132 Å². The van der Waals surface area contributed by atoms with Crippen molar-refractivity contribution >= 4 is 40.7 Å². The number of hydrogen-bond donors (Lipinski definition) is 1. The van der Waals surface area contributed by atoms with Crippen LogP contribution in [0, 0.1) is 17.8 Å². The molecule has 2 fully saturated rings. The molecule has 112 valence electrons. The molecule has 3 rings (SSSR count). The molecular weight excluding hydrogens is 313 g/mol. The van der Waals surface area contributed by atoms with Crippen LogP contribution in [0.1, 0.15) is 0 Å². The fourth-order valence-corrected chi connectivity index (χ4v) is 3.27. The fourth-order valence-electron chi connectivity index (χ4n) is 3.04. The zero-order chi connectivity index (χ0) is 15.0. The molecule has 1 aromatic rings. The number of carbonyl (C=O) groups excluding carboxylic acids is 1. The van der Waals surface area contributed by atoms with Crippen molar-refractivity contribution in [2.45, 2.75) is 0 Å². The number of rotatable bonds is 4. The maximum atomic E-state index is 10.9. The standard InChI is InChI=1S/C14H15Cl2N3O2/c15-5-12(20)21-18-14(17)13-10-6-19(7-11(10)13)9-3-1-2-8(16)4-9/h1-4,10-11,13H,5-7H2,(H2,17,18). The van der Waals surface area contributed by atoms with E-state index in [4.69, 9.17) is 28.9 Å². The topological polar surface area (TPSA) is 67.9 Å². The van der Waals surface area contributed by atoms with Gasteiger partial charge in [-0.05, 0) is 30.0 Å². The number of oxime groups is 1. The number of fused-ring (bicyclic) bond motifs is 1. The van der Waals surface area contributed by atoms with Gasteiger partial charge >= 0.3 is 5.97 Å². The largest absolute Gasteiger partial charge is 0.384 e. The minimum Gasteiger partial charge on any atom is -0.384 e. The number of piperidine rings is 1. The van der Waals surface area contributed by atoms with Gasteiger partial charge in [-0.15, -0.1) is 11.6 Å². The van der Waals surface area contributed by atoms with Gasteiger partial charge in [0.1, 0.15) is 11.7 Å². The van der Waals surface area contributed by atoms with Gasteiger partial charge in [-0.3, -0.25) is 0 Å². The summed E-state index contributed by atoms with van der Waals surface area (Å²) in [4.78, 5) is 17.8. The molecule has 0 bridgehead atoms. The summed E-state index contributed by atoms with van der Waals surface area (Å²) in [6.45, 7) is 1.82. The van der Waals surface area contributed by atoms with E-state index in [9.17, 15) is 4.79 Å². The van der Waals surface area contributed by atoms with Gasteiger partial charge in [0.2, 0.25) is 0 Å². The normalized spacial score (nSPS) is 27.4. The Morgan fingerprint density at radius 1 is 1.43 bits per heavy atom. The summed E-state index contributed by atoms with van der Waals surface area (Å²) < 4.78 is 0. The summed E-state index contributed by atoms with van der Waals surface area (Å²) in [6, 6.07) is 7.81. The minimum atomic E-state index is -0.592. The third kappa shape index (κ3) is 2.94. The van der Waals surface area contributed by atoms with Crippen LogP contribution in [-0.4, -0.2) is 30.8 Å². The van der Waals surface area contributed by atoms with Crippen molar-refractivity contribution in [3.05, 3.63) is 29.3 Å². The highest BCUT2D eigenvalue weighted by molar-refractivity contribution is 6.30. The summed E-state index contributed by atoms with van der Waals surface area (Å²) in [5, 5.41) is 4.41. The van der Waals surface area contributed by atoms with E-state index < -0.39 is 5.97 Å². The molecule has 2 atom stereocenters. The van der Waals surface area contributed by atoms with Crippen LogP contribution in [0.4, 0.5) is 5.69 Å². The number of carbonyl (C=O) groups is 1. The SMILES string of the molecule is N/C(=N\OC(=O)CCl)C1C2CN(c3cccc(Cl)c3)CC21. The Balaban J connectivity index is 1.57. The van der Waals surface area contributed by atoms with Crippen molar-refractivity contribution in [2.24, 2.45) is 28.6 Å². The lowest BCUT2D eigenvalue weighted by molar-refractivity contribution is -0.140. The van der Waals surface area contributed by atoms with Crippen LogP contribution in [0.25, 0.3) is 0 Å². The molecule has 5 nitrogen and oxygen atoms in total. The summed E-state index contributed by atoms with van der Waals surface area (Å²) in [6.07, 6.45) is 0. The number of halogens is 2. The van der Waals surface area contributed by atoms with E-state index in [1.165, 1.54) is 0 Å². The molecule has 21 heavy (non-hydrogen) atoms. The third-order valence-electron chi connectivity index (χ3n) is 4.07. The smallest absolute Gasteiger partial charge is 0.349 e. The average Bonchev–Trinajstić information content (AvgIpc) is 2.98. The van der Waals surface area contributed by atoms with Crippen LogP contribution in [0.2, 0.25) is 5.02 Å². The molecular formula is C14H15Cl2N3O2. The summed E-state index contributed by atoms with van der Waals surface area (Å²) in [7, 11) is 0. The summed E-state index contributed by atoms with van der Waals surface area (Å²) in [5.74, 6) is 0.685. The summed E-state index contributed by atoms with van der Waals surface area (Å²) >= 11 is 11.3. The van der Waals surface area contributed by atoms with Crippen LogP contribution < -0.4 is 10.6 Å². The number of anilines is 1. The number of alkyl halides is 1. The zero-order valence-corrected chi connectivity index (χ0v) is 12.7. The second-order valence-electron chi connectivity index (χ2n) is 5.35. The van der Waals surface area contributed by atoms with Crippen molar-refractivity contribution in [1.29, 1.82) is 0 Å². The Hall–Kier alpha value is -1.46. The Morgan fingerprint density at radius 3 is 2.76 bits per heavy atom. The maximum absolute atomic E-state index is 10.9. The highest BCUT2D eigenvalue weighted by Gasteiger charge is 2.58. The van der Waals surface area contributed by atoms with Gasteiger partial charge in [0.25, 0.3) is 0 Å². The second-order valence-corrected chi connectivity index (χ2v) is 6.06. The molecule has 1 aliphatic carbocycles. The first kappa shape index (κ1) is 14.5. The van der Waals surface area contributed by atoms with Crippen molar-refractivity contribution in [1.82, 2.24) is 0 Å². The van der Waals surface area contributed by atoms with E-state index in [-0.39, 0.29) is 11.8 Å². The van der Waals surface area contributed by atoms with Crippen LogP contribution in [0.5, 0.6) is 0 Å². The third-order valence-corrected chi connectivity index (χ3v) is 4.52. The monoisotopic (exact) mass is 327 g/mol. The molecule has 1 saturated carbocycles. The van der Waals surface area contributed by atoms with Gasteiger partial charge < -0.3 is 15.5 Å². The van der Waals surface area contributed by atoms with Gasteiger partial charge in [0.15, 0.2) is 0 Å². The molecule has 2 N–H and O–H groups in total. The van der Waals surface area contributed by atoms with Crippen LogP contribution >= 0.6 is 23.2 Å². The molecule has 1 heterocycles. The minimum absolute atomic E-state index is 0.198.